The van der Waals surface area contributed by atoms with Gasteiger partial charge in [-0.25, -0.2) is 9.37 Å². The Bertz CT molecular complexity index is 1370. The fourth-order valence-corrected chi connectivity index (χ4v) is 5.39. The Morgan fingerprint density at radius 1 is 1.32 bits per heavy atom. The molecule has 1 fully saturated rings. The van der Waals surface area contributed by atoms with Crippen LogP contribution in [0.25, 0.3) is 11.1 Å². The predicted molar refractivity (Wildman–Crippen MR) is 138 cm³/mol. The molecule has 2 aliphatic heterocycles. The molecule has 3 aromatic rings. The van der Waals surface area contributed by atoms with Crippen LogP contribution in [0, 0.1) is 5.82 Å². The van der Waals surface area contributed by atoms with Gasteiger partial charge in [-0.1, -0.05) is 29.3 Å². The Hall–Kier alpha value is -3.11. The van der Waals surface area contributed by atoms with Crippen LogP contribution < -0.4 is 25.8 Å². The number of halogens is 3. The van der Waals surface area contributed by atoms with Crippen molar-refractivity contribution in [3.05, 3.63) is 69.6 Å². The lowest BCUT2D eigenvalue weighted by Crippen LogP contribution is -2.65. The average Bonchev–Trinajstić information content (AvgIpc) is 2.86. The van der Waals surface area contributed by atoms with Crippen LogP contribution >= 0.6 is 23.2 Å². The second-order valence-electron chi connectivity index (χ2n) is 9.25. The van der Waals surface area contributed by atoms with E-state index >= 15 is 0 Å². The molecular weight excluding hydrogens is 522 g/mol. The number of hydrogen-bond donors (Lipinski definition) is 4. The summed E-state index contributed by atoms with van der Waals surface area (Å²) in [5, 5.41) is 15.5. The number of benzene rings is 2. The number of amides is 1. The van der Waals surface area contributed by atoms with Crippen molar-refractivity contribution < 1.29 is 23.8 Å². The minimum absolute atomic E-state index is 0.118. The van der Waals surface area contributed by atoms with Gasteiger partial charge in [-0.15, -0.1) is 0 Å². The fourth-order valence-electron chi connectivity index (χ4n) is 4.71. The normalized spacial score (nSPS) is 18.4. The molecule has 1 unspecified atom stereocenters. The molecule has 1 aromatic heterocycles. The summed E-state index contributed by atoms with van der Waals surface area (Å²) >= 11 is 12.4. The molecule has 1 spiro atoms. The second-order valence-corrected chi connectivity index (χ2v) is 10.0. The number of nitrogens with zero attached hydrogens (tertiary/aromatic N) is 1. The van der Waals surface area contributed by atoms with E-state index in [1.807, 2.05) is 18.2 Å². The van der Waals surface area contributed by atoms with Crippen molar-refractivity contribution in [3.8, 4) is 22.6 Å². The molecule has 37 heavy (non-hydrogen) atoms. The minimum atomic E-state index is -0.711. The lowest BCUT2D eigenvalue weighted by molar-refractivity contribution is -0.125. The van der Waals surface area contributed by atoms with Gasteiger partial charge in [0.15, 0.2) is 11.6 Å². The number of aliphatic hydroxyl groups excluding tert-OH is 1. The summed E-state index contributed by atoms with van der Waals surface area (Å²) in [5.74, 6) is 0.0332. The Morgan fingerprint density at radius 3 is 2.81 bits per heavy atom. The first kappa shape index (κ1) is 25.5. The molecule has 3 heterocycles. The smallest absolute Gasteiger partial charge is 0.246 e. The van der Waals surface area contributed by atoms with E-state index in [9.17, 15) is 14.3 Å². The van der Waals surface area contributed by atoms with Crippen LogP contribution in [-0.2, 0) is 4.79 Å². The van der Waals surface area contributed by atoms with Gasteiger partial charge < -0.3 is 30.9 Å². The van der Waals surface area contributed by atoms with Crippen LogP contribution in [0.5, 0.6) is 11.5 Å². The molecule has 11 heteroatoms. The maximum Gasteiger partial charge on any atom is 0.246 e. The van der Waals surface area contributed by atoms with E-state index in [1.165, 1.54) is 12.1 Å². The molecule has 0 saturated carbocycles. The predicted octanol–water partition coefficient (Wildman–Crippen LogP) is 4.19. The van der Waals surface area contributed by atoms with Crippen LogP contribution in [0.15, 0.2) is 42.6 Å². The number of anilines is 1. The van der Waals surface area contributed by atoms with Crippen LogP contribution in [0.3, 0.4) is 0 Å². The van der Waals surface area contributed by atoms with Crippen molar-refractivity contribution in [2.45, 2.75) is 31.1 Å². The molecule has 0 bridgehead atoms. The van der Waals surface area contributed by atoms with Crippen LogP contribution in [0.2, 0.25) is 10.0 Å². The van der Waals surface area contributed by atoms with Gasteiger partial charge in [0.25, 0.3) is 0 Å². The molecular formula is C26H25Cl2FN4O4. The zero-order valence-electron chi connectivity index (χ0n) is 19.9. The molecule has 2 atom stereocenters. The van der Waals surface area contributed by atoms with E-state index in [2.05, 4.69) is 15.6 Å². The van der Waals surface area contributed by atoms with Crippen molar-refractivity contribution in [2.75, 3.05) is 25.4 Å². The number of carbonyl (C=O) groups is 1. The Balaban J connectivity index is 1.46. The maximum absolute atomic E-state index is 14.0. The highest BCUT2D eigenvalue weighted by Gasteiger charge is 2.46. The maximum atomic E-state index is 14.0. The number of rotatable bonds is 6. The van der Waals surface area contributed by atoms with Gasteiger partial charge >= 0.3 is 0 Å². The summed E-state index contributed by atoms with van der Waals surface area (Å²) < 4.78 is 26.3. The van der Waals surface area contributed by atoms with Crippen LogP contribution in [-0.4, -0.2) is 41.3 Å². The molecule has 8 nitrogen and oxygen atoms in total. The van der Waals surface area contributed by atoms with Gasteiger partial charge in [-0.05, 0) is 42.8 Å². The van der Waals surface area contributed by atoms with E-state index in [4.69, 9.17) is 38.4 Å². The fraction of sp³-hybridized carbons (Fsp3) is 0.308. The van der Waals surface area contributed by atoms with Crippen molar-refractivity contribution in [1.82, 2.24) is 15.6 Å². The van der Waals surface area contributed by atoms with Gasteiger partial charge in [-0.2, -0.15) is 0 Å². The van der Waals surface area contributed by atoms with Gasteiger partial charge in [0.1, 0.15) is 29.9 Å². The summed E-state index contributed by atoms with van der Waals surface area (Å²) in [4.78, 5) is 16.3. The quantitative estimate of drug-likeness (QED) is 0.342. The zero-order chi connectivity index (χ0) is 26.3. The van der Waals surface area contributed by atoms with E-state index in [1.54, 1.807) is 19.2 Å². The number of nitrogens with one attached hydrogen (secondary N) is 2. The topological polar surface area (TPSA) is 119 Å². The van der Waals surface area contributed by atoms with Crippen LogP contribution in [0.1, 0.15) is 36.6 Å². The van der Waals surface area contributed by atoms with Crippen molar-refractivity contribution in [3.63, 3.8) is 0 Å². The third-order valence-corrected chi connectivity index (χ3v) is 7.38. The van der Waals surface area contributed by atoms with Crippen molar-refractivity contribution in [1.29, 1.82) is 0 Å². The third kappa shape index (κ3) is 4.92. The standard InChI is InChI=1S/C26H25Cl2FN4O4/c1-13(23-17(27)3-4-18(29)24(23)28)36-21-7-15(9-32-25(21)30)14-2-5-20-16(6-14)19(33-22(35)10-34)8-26(37-20)11-31-12-26/h2-7,9,13,19,31,34H,8,10-12H2,1H3,(H2,30,32)(H,33,35)/t13-,19?/m1/s1. The first-order valence-electron chi connectivity index (χ1n) is 11.7. The Labute approximate surface area is 222 Å². The van der Waals surface area contributed by atoms with Crippen LogP contribution in [0.4, 0.5) is 10.2 Å². The summed E-state index contributed by atoms with van der Waals surface area (Å²) in [7, 11) is 0. The first-order valence-corrected chi connectivity index (χ1v) is 12.4. The molecule has 5 N–H and O–H groups in total. The number of aromatic nitrogens is 1. The number of pyridine rings is 1. The average molecular weight is 547 g/mol. The molecule has 0 aliphatic carbocycles. The number of ether oxygens (including phenoxy) is 2. The lowest BCUT2D eigenvalue weighted by Gasteiger charge is -2.48. The molecule has 1 saturated heterocycles. The lowest BCUT2D eigenvalue weighted by atomic mass is 9.82. The largest absolute Gasteiger partial charge is 0.484 e. The highest BCUT2D eigenvalue weighted by molar-refractivity contribution is 6.36. The number of hydrogen-bond acceptors (Lipinski definition) is 7. The number of nitrogens with two attached hydrogens (primary N) is 1. The second kappa shape index (κ2) is 9.98. The van der Waals surface area contributed by atoms with E-state index < -0.39 is 24.4 Å². The van der Waals surface area contributed by atoms with Gasteiger partial charge in [0, 0.05) is 47.4 Å². The van der Waals surface area contributed by atoms with Crippen molar-refractivity contribution >= 4 is 34.9 Å². The number of nitrogen functional groups attached to an aromatic ring is 1. The van der Waals surface area contributed by atoms with Gasteiger partial charge in [0.05, 0.1) is 11.1 Å². The number of fused-ring (bicyclic) bond motifs is 1. The number of aliphatic hydroxyl groups is 1. The van der Waals surface area contributed by atoms with Gasteiger partial charge in [-0.3, -0.25) is 4.79 Å². The summed E-state index contributed by atoms with van der Waals surface area (Å²) in [6, 6.07) is 9.66. The van der Waals surface area contributed by atoms with E-state index in [0.29, 0.717) is 36.4 Å². The number of carbonyl (C=O) groups excluding carboxylic acids is 1. The highest BCUT2D eigenvalue weighted by atomic mass is 35.5. The summed E-state index contributed by atoms with van der Waals surface area (Å²) in [5.41, 5.74) is 8.29. The first-order chi connectivity index (χ1) is 17.7. The molecule has 2 aliphatic rings. The zero-order valence-corrected chi connectivity index (χ0v) is 21.4. The molecule has 194 valence electrons. The summed E-state index contributed by atoms with van der Waals surface area (Å²) in [6.07, 6.45) is 1.47. The third-order valence-electron chi connectivity index (χ3n) is 6.67. The van der Waals surface area contributed by atoms with E-state index in [-0.39, 0.29) is 33.3 Å². The summed E-state index contributed by atoms with van der Waals surface area (Å²) in [6.45, 7) is 2.45. The Kier molecular flexibility index (Phi) is 6.89. The highest BCUT2D eigenvalue weighted by Crippen LogP contribution is 2.44. The molecule has 5 rings (SSSR count). The molecule has 1 amide bonds. The van der Waals surface area contributed by atoms with Crippen molar-refractivity contribution in [2.24, 2.45) is 0 Å². The molecule has 2 aromatic carbocycles. The van der Waals surface area contributed by atoms with Gasteiger partial charge in [0.2, 0.25) is 5.91 Å². The monoisotopic (exact) mass is 546 g/mol. The Morgan fingerprint density at radius 2 is 2.11 bits per heavy atom. The minimum Gasteiger partial charge on any atom is -0.484 e. The van der Waals surface area contributed by atoms with E-state index in [0.717, 1.165) is 11.1 Å². The molecule has 0 radical (unpaired) electrons. The SMILES string of the molecule is C[C@@H](Oc1cc(-c2ccc3c(c2)C(NC(=O)CO)CC2(CNC2)O3)cnc1N)c1c(Cl)ccc(F)c1Cl.